The van der Waals surface area contributed by atoms with Gasteiger partial charge in [-0.25, -0.2) is 4.98 Å². The number of fused-ring (bicyclic) bond motifs is 1. The van der Waals surface area contributed by atoms with E-state index >= 15 is 0 Å². The number of hydrogen-bond acceptors (Lipinski definition) is 3. The Kier molecular flexibility index (Phi) is 3.61. The minimum absolute atomic E-state index is 0.836. The first-order valence-electron chi connectivity index (χ1n) is 6.86. The summed E-state index contributed by atoms with van der Waals surface area (Å²) in [5, 5.41) is 10.4. The fourth-order valence-electron chi connectivity index (χ4n) is 2.66. The van der Waals surface area contributed by atoms with E-state index in [4.69, 9.17) is 0 Å². The second kappa shape index (κ2) is 5.54. The van der Waals surface area contributed by atoms with Crippen LogP contribution in [-0.2, 0) is 0 Å². The van der Waals surface area contributed by atoms with Gasteiger partial charge in [0.15, 0.2) is 0 Å². The first-order chi connectivity index (χ1) is 9.38. The summed E-state index contributed by atoms with van der Waals surface area (Å²) in [6, 6.07) is 10.5. The van der Waals surface area contributed by atoms with Crippen LogP contribution in [0.1, 0.15) is 43.5 Å². The third-order valence-corrected chi connectivity index (χ3v) is 4.73. The Hall–Kier alpha value is -1.66. The molecule has 0 atom stereocenters. The molecule has 1 heterocycles. The van der Waals surface area contributed by atoms with Crippen LogP contribution in [0.2, 0.25) is 0 Å². The zero-order valence-electron chi connectivity index (χ0n) is 10.9. The normalized spacial score (nSPS) is 16.1. The van der Waals surface area contributed by atoms with E-state index in [1.807, 2.05) is 18.2 Å². The third kappa shape index (κ3) is 2.54. The highest BCUT2D eigenvalue weighted by molar-refractivity contribution is 7.19. The quantitative estimate of drug-likeness (QED) is 0.543. The summed E-state index contributed by atoms with van der Waals surface area (Å²) in [7, 11) is 0. The maximum Gasteiger partial charge on any atom is 0.135 e. The van der Waals surface area contributed by atoms with E-state index in [9.17, 15) is 5.26 Å². The SMILES string of the molecule is N#CC(=C1CCCCCC1)c1nc2ccccc2s1. The smallest absolute Gasteiger partial charge is 0.135 e. The number of hydrogen-bond donors (Lipinski definition) is 0. The lowest BCUT2D eigenvalue weighted by Gasteiger charge is -2.04. The molecule has 0 N–H and O–H groups in total. The molecular formula is C16H16N2S. The van der Waals surface area contributed by atoms with Crippen molar-refractivity contribution < 1.29 is 0 Å². The Bertz CT molecular complexity index is 618. The predicted molar refractivity (Wildman–Crippen MR) is 79.9 cm³/mol. The molecule has 19 heavy (non-hydrogen) atoms. The lowest BCUT2D eigenvalue weighted by molar-refractivity contribution is 0.702. The highest BCUT2D eigenvalue weighted by Crippen LogP contribution is 2.33. The standard InChI is InChI=1S/C16H16N2S/c17-11-13(12-7-3-1-2-4-8-12)16-18-14-9-5-6-10-15(14)19-16/h5-6,9-10H,1-4,7-8H2. The van der Waals surface area contributed by atoms with Gasteiger partial charge in [-0.1, -0.05) is 25.0 Å². The van der Waals surface area contributed by atoms with Crippen molar-refractivity contribution in [3.05, 3.63) is 34.8 Å². The maximum atomic E-state index is 9.51. The van der Waals surface area contributed by atoms with E-state index in [-0.39, 0.29) is 0 Å². The van der Waals surface area contributed by atoms with Crippen molar-refractivity contribution in [1.82, 2.24) is 4.98 Å². The number of benzene rings is 1. The molecule has 0 amide bonds. The largest absolute Gasteiger partial charge is 0.235 e. The van der Waals surface area contributed by atoms with Crippen LogP contribution in [-0.4, -0.2) is 4.98 Å². The van der Waals surface area contributed by atoms with Crippen LogP contribution in [0.15, 0.2) is 29.8 Å². The molecule has 1 saturated carbocycles. The second-order valence-electron chi connectivity index (χ2n) is 4.99. The Labute approximate surface area is 117 Å². The minimum atomic E-state index is 0.836. The van der Waals surface area contributed by atoms with Crippen molar-refractivity contribution in [3.63, 3.8) is 0 Å². The van der Waals surface area contributed by atoms with Crippen molar-refractivity contribution in [2.45, 2.75) is 38.5 Å². The van der Waals surface area contributed by atoms with Gasteiger partial charge in [-0.15, -0.1) is 11.3 Å². The van der Waals surface area contributed by atoms with Gasteiger partial charge in [-0.3, -0.25) is 0 Å². The molecule has 1 aromatic heterocycles. The van der Waals surface area contributed by atoms with Gasteiger partial charge in [0, 0.05) is 0 Å². The van der Waals surface area contributed by atoms with Crippen molar-refractivity contribution in [3.8, 4) is 6.07 Å². The maximum absolute atomic E-state index is 9.51. The lowest BCUT2D eigenvalue weighted by Crippen LogP contribution is -1.89. The van der Waals surface area contributed by atoms with Crippen LogP contribution >= 0.6 is 11.3 Å². The van der Waals surface area contributed by atoms with Crippen molar-refractivity contribution in [1.29, 1.82) is 5.26 Å². The van der Waals surface area contributed by atoms with Crippen LogP contribution in [0.5, 0.6) is 0 Å². The number of aromatic nitrogens is 1. The average molecular weight is 268 g/mol. The lowest BCUT2D eigenvalue weighted by atomic mass is 10.0. The van der Waals surface area contributed by atoms with Crippen LogP contribution in [0.3, 0.4) is 0 Å². The molecule has 1 aromatic carbocycles. The first kappa shape index (κ1) is 12.4. The summed E-state index contributed by atoms with van der Waals surface area (Å²) in [5.74, 6) is 0. The van der Waals surface area contributed by atoms with Crippen molar-refractivity contribution in [2.24, 2.45) is 0 Å². The van der Waals surface area contributed by atoms with E-state index in [0.717, 1.165) is 28.9 Å². The van der Waals surface area contributed by atoms with Gasteiger partial charge < -0.3 is 0 Å². The highest BCUT2D eigenvalue weighted by Gasteiger charge is 2.15. The summed E-state index contributed by atoms with van der Waals surface area (Å²) in [6.07, 6.45) is 7.15. The molecule has 0 bridgehead atoms. The van der Waals surface area contributed by atoms with Crippen molar-refractivity contribution in [2.75, 3.05) is 0 Å². The molecule has 3 rings (SSSR count). The number of nitrogens with zero attached hydrogens (tertiary/aromatic N) is 2. The first-order valence-corrected chi connectivity index (χ1v) is 7.68. The van der Waals surface area contributed by atoms with Crippen LogP contribution < -0.4 is 0 Å². The Balaban J connectivity index is 2.06. The minimum Gasteiger partial charge on any atom is -0.235 e. The van der Waals surface area contributed by atoms with E-state index in [1.54, 1.807) is 11.3 Å². The molecule has 2 aromatic rings. The summed E-state index contributed by atoms with van der Waals surface area (Å²) in [6.45, 7) is 0. The molecule has 0 spiro atoms. The Morgan fingerprint density at radius 1 is 1.11 bits per heavy atom. The number of thiazole rings is 1. The molecule has 96 valence electrons. The van der Waals surface area contributed by atoms with Gasteiger partial charge in [0.25, 0.3) is 0 Å². The summed E-state index contributed by atoms with van der Waals surface area (Å²) >= 11 is 1.64. The van der Waals surface area contributed by atoms with E-state index in [1.165, 1.54) is 36.0 Å². The molecule has 2 nitrogen and oxygen atoms in total. The molecule has 1 aliphatic carbocycles. The molecule has 0 aliphatic heterocycles. The molecule has 0 radical (unpaired) electrons. The van der Waals surface area contributed by atoms with Gasteiger partial charge in [0.1, 0.15) is 11.1 Å². The van der Waals surface area contributed by atoms with Gasteiger partial charge in [-0.2, -0.15) is 5.26 Å². The highest BCUT2D eigenvalue weighted by atomic mass is 32.1. The molecule has 1 fully saturated rings. The van der Waals surface area contributed by atoms with Crippen LogP contribution in [0.25, 0.3) is 15.8 Å². The zero-order chi connectivity index (χ0) is 13.1. The van der Waals surface area contributed by atoms with Crippen molar-refractivity contribution >= 4 is 27.1 Å². The summed E-state index contributed by atoms with van der Waals surface area (Å²) in [4.78, 5) is 4.63. The number of allylic oxidation sites excluding steroid dienone is 2. The van der Waals surface area contributed by atoms with Gasteiger partial charge in [0.05, 0.1) is 15.8 Å². The fraction of sp³-hybridized carbons (Fsp3) is 0.375. The zero-order valence-corrected chi connectivity index (χ0v) is 11.7. The van der Waals surface area contributed by atoms with Gasteiger partial charge in [0.2, 0.25) is 0 Å². The number of nitriles is 1. The van der Waals surface area contributed by atoms with Gasteiger partial charge >= 0.3 is 0 Å². The summed E-state index contributed by atoms with van der Waals surface area (Å²) in [5.41, 5.74) is 3.16. The fourth-order valence-corrected chi connectivity index (χ4v) is 3.67. The monoisotopic (exact) mass is 268 g/mol. The topological polar surface area (TPSA) is 36.7 Å². The van der Waals surface area contributed by atoms with E-state index in [2.05, 4.69) is 17.1 Å². The number of rotatable bonds is 1. The molecular weight excluding hydrogens is 252 g/mol. The second-order valence-corrected chi connectivity index (χ2v) is 6.02. The Morgan fingerprint density at radius 2 is 1.84 bits per heavy atom. The van der Waals surface area contributed by atoms with E-state index < -0.39 is 0 Å². The predicted octanol–water partition coefficient (Wildman–Crippen LogP) is 4.93. The number of para-hydroxylation sites is 1. The third-order valence-electron chi connectivity index (χ3n) is 3.68. The van der Waals surface area contributed by atoms with Gasteiger partial charge in [-0.05, 0) is 43.4 Å². The van der Waals surface area contributed by atoms with Crippen LogP contribution in [0, 0.1) is 11.3 Å². The molecule has 0 saturated heterocycles. The Morgan fingerprint density at radius 3 is 2.53 bits per heavy atom. The van der Waals surface area contributed by atoms with E-state index in [0.29, 0.717) is 0 Å². The average Bonchev–Trinajstić information content (AvgIpc) is 2.67. The summed E-state index contributed by atoms with van der Waals surface area (Å²) < 4.78 is 1.17. The molecule has 3 heteroatoms. The molecule has 0 unspecified atom stereocenters. The van der Waals surface area contributed by atoms with Crippen LogP contribution in [0.4, 0.5) is 0 Å². The molecule has 1 aliphatic rings.